The highest BCUT2D eigenvalue weighted by molar-refractivity contribution is 5.93. The van der Waals surface area contributed by atoms with Crippen molar-refractivity contribution in [2.45, 2.75) is 49.7 Å². The highest BCUT2D eigenvalue weighted by atomic mass is 19.1. The SMILES string of the molecule is COCCCc1ncc(-c2cc(C#C[C@]3(O)CCN(C)C3=O)ccc2F)nc1C(=O)OC.COCCCc1ncc(-c2cc(C#C[C@]3(O)CCN(C)C3=O)ccc2F)nc1C(N)=O. The number of benzene rings is 2. The predicted molar refractivity (Wildman–Crippen MR) is 223 cm³/mol. The van der Waals surface area contributed by atoms with E-state index in [2.05, 4.69) is 43.6 Å². The molecule has 0 saturated carbocycles. The Bertz CT molecular complexity index is 2520. The standard InChI is InChI=1S/C23H24FN3O5.C22H23FN4O4/c1-27-11-10-23(30,22(27)29)9-8-15-6-7-17(24)16(13-15)19-14-25-18(5-4-12-31-2)20(26-19)21(28)32-3;1-27-10-9-22(30,21(27)29)8-7-14-5-6-16(23)15(12-14)18-13-25-17(4-3-11-31-2)19(26-18)20(24)28/h6-7,13-14,30H,4-5,10-12H2,1-3H3;5-6,12-13,30H,3-4,9-11H2,1-2H3,(H2,24,28)/t23-;22-/m00/s1. The third-order valence-electron chi connectivity index (χ3n) is 10.2. The van der Waals surface area contributed by atoms with Gasteiger partial charge in [0.05, 0.1) is 42.3 Å². The Morgan fingerprint density at radius 3 is 1.56 bits per heavy atom. The summed E-state index contributed by atoms with van der Waals surface area (Å²) in [5.74, 6) is 7.13. The molecule has 4 N–H and O–H groups in total. The predicted octanol–water partition coefficient (Wildman–Crippen LogP) is 2.50. The summed E-state index contributed by atoms with van der Waals surface area (Å²) in [6.45, 7) is 1.79. The fraction of sp³-hybridized carbons (Fsp3) is 0.378. The Morgan fingerprint density at radius 1 is 0.746 bits per heavy atom. The first-order valence-electron chi connectivity index (χ1n) is 19.7. The van der Waals surface area contributed by atoms with Gasteiger partial charge in [-0.25, -0.2) is 23.5 Å². The molecule has 2 fully saturated rings. The maximum Gasteiger partial charge on any atom is 0.358 e. The quantitative estimate of drug-likeness (QED) is 0.106. The van der Waals surface area contributed by atoms with Gasteiger partial charge in [0.2, 0.25) is 11.2 Å². The average Bonchev–Trinajstić information content (AvgIpc) is 3.69. The maximum atomic E-state index is 14.6. The van der Waals surface area contributed by atoms with E-state index in [1.54, 1.807) is 28.3 Å². The summed E-state index contributed by atoms with van der Waals surface area (Å²) in [7, 11) is 7.56. The molecule has 2 aromatic carbocycles. The van der Waals surface area contributed by atoms with Gasteiger partial charge in [0.25, 0.3) is 17.7 Å². The van der Waals surface area contributed by atoms with E-state index in [4.69, 9.17) is 19.9 Å². The zero-order valence-corrected chi connectivity index (χ0v) is 35.5. The van der Waals surface area contributed by atoms with Crippen LogP contribution in [-0.2, 0) is 36.6 Å². The molecule has 0 unspecified atom stereocenters. The highest BCUT2D eigenvalue weighted by Gasteiger charge is 2.43. The van der Waals surface area contributed by atoms with Gasteiger partial charge in [0.15, 0.2) is 5.69 Å². The Labute approximate surface area is 362 Å². The summed E-state index contributed by atoms with van der Waals surface area (Å²) in [4.78, 5) is 68.1. The molecular weight excluding hydrogens is 821 g/mol. The van der Waals surface area contributed by atoms with Crippen LogP contribution in [0.2, 0.25) is 0 Å². The number of nitrogens with two attached hydrogens (primary N) is 1. The number of carbonyl (C=O) groups is 4. The van der Waals surface area contributed by atoms with Gasteiger partial charge in [-0.2, -0.15) is 0 Å². The highest BCUT2D eigenvalue weighted by Crippen LogP contribution is 2.27. The summed E-state index contributed by atoms with van der Waals surface area (Å²) in [5, 5.41) is 20.9. The molecule has 2 saturated heterocycles. The largest absolute Gasteiger partial charge is 0.464 e. The molecule has 4 aromatic rings. The number of aromatic nitrogens is 4. The lowest BCUT2D eigenvalue weighted by Crippen LogP contribution is -2.37. The first-order valence-corrected chi connectivity index (χ1v) is 19.7. The number of methoxy groups -OCH3 is 3. The molecule has 330 valence electrons. The smallest absolute Gasteiger partial charge is 0.358 e. The molecule has 4 heterocycles. The number of esters is 1. The second-order valence-corrected chi connectivity index (χ2v) is 14.7. The van der Waals surface area contributed by atoms with E-state index in [0.29, 0.717) is 74.5 Å². The van der Waals surface area contributed by atoms with E-state index in [1.165, 1.54) is 65.7 Å². The molecule has 0 spiro atoms. The van der Waals surface area contributed by atoms with E-state index in [-0.39, 0.29) is 46.7 Å². The summed E-state index contributed by atoms with van der Waals surface area (Å²) < 4.78 is 43.9. The Morgan fingerprint density at radius 2 is 1.17 bits per heavy atom. The number of rotatable bonds is 12. The number of hydrogen-bond acceptors (Lipinski definition) is 13. The fourth-order valence-corrected chi connectivity index (χ4v) is 6.57. The lowest BCUT2D eigenvalue weighted by Gasteiger charge is -2.13. The minimum Gasteiger partial charge on any atom is -0.464 e. The number of nitrogens with zero attached hydrogens (tertiary/aromatic N) is 6. The molecule has 0 bridgehead atoms. The molecule has 18 heteroatoms. The number of likely N-dealkylation sites (N-methyl/N-ethyl adjacent to an activating group) is 2. The zero-order valence-electron chi connectivity index (χ0n) is 35.5. The number of likely N-dealkylation sites (tertiary alicyclic amines) is 2. The lowest BCUT2D eigenvalue weighted by atomic mass is 10.0. The van der Waals surface area contributed by atoms with E-state index in [1.807, 2.05) is 0 Å². The summed E-state index contributed by atoms with van der Waals surface area (Å²) >= 11 is 0. The fourth-order valence-electron chi connectivity index (χ4n) is 6.57. The second kappa shape index (κ2) is 20.9. The number of aliphatic hydroxyl groups is 2. The van der Waals surface area contributed by atoms with Gasteiger partial charge >= 0.3 is 5.97 Å². The van der Waals surface area contributed by atoms with Gasteiger partial charge in [-0.05, 0) is 62.1 Å². The Hall–Kier alpha value is -6.70. The molecule has 2 atom stereocenters. The third-order valence-corrected chi connectivity index (χ3v) is 10.2. The van der Waals surface area contributed by atoms with E-state index >= 15 is 0 Å². The summed E-state index contributed by atoms with van der Waals surface area (Å²) in [5.41, 5.74) is 3.91. The van der Waals surface area contributed by atoms with Crippen LogP contribution < -0.4 is 5.73 Å². The first-order chi connectivity index (χ1) is 30.0. The van der Waals surface area contributed by atoms with Crippen molar-refractivity contribution in [1.29, 1.82) is 0 Å². The molecule has 3 amide bonds. The first kappa shape index (κ1) is 47.4. The summed E-state index contributed by atoms with van der Waals surface area (Å²) in [6, 6.07) is 8.13. The molecule has 0 aliphatic carbocycles. The Balaban J connectivity index is 0.000000238. The number of carbonyl (C=O) groups excluding carboxylic acids is 4. The van der Waals surface area contributed by atoms with E-state index in [0.717, 1.165) is 0 Å². The minimum absolute atomic E-state index is 0.00545. The van der Waals surface area contributed by atoms with E-state index < -0.39 is 46.5 Å². The number of hydrogen-bond donors (Lipinski definition) is 3. The van der Waals surface area contributed by atoms with Crippen molar-refractivity contribution in [3.8, 4) is 46.2 Å². The van der Waals surface area contributed by atoms with Gasteiger partial charge in [0, 0.05) is 89.7 Å². The van der Waals surface area contributed by atoms with Crippen LogP contribution >= 0.6 is 0 Å². The van der Waals surface area contributed by atoms with Crippen LogP contribution in [0.3, 0.4) is 0 Å². The van der Waals surface area contributed by atoms with Crippen molar-refractivity contribution in [3.05, 3.63) is 94.3 Å². The van der Waals surface area contributed by atoms with Crippen LogP contribution in [0.4, 0.5) is 8.78 Å². The molecule has 6 rings (SSSR count). The number of primary amides is 1. The van der Waals surface area contributed by atoms with Crippen molar-refractivity contribution >= 4 is 23.7 Å². The molecule has 2 aliphatic heterocycles. The van der Waals surface area contributed by atoms with Crippen LogP contribution in [0.1, 0.15) is 69.2 Å². The van der Waals surface area contributed by atoms with Gasteiger partial charge < -0.3 is 40.0 Å². The van der Waals surface area contributed by atoms with Crippen molar-refractivity contribution in [3.63, 3.8) is 0 Å². The number of aryl methyl sites for hydroxylation is 2. The number of ether oxygens (including phenoxy) is 3. The molecule has 2 aromatic heterocycles. The van der Waals surface area contributed by atoms with Crippen LogP contribution in [0.25, 0.3) is 22.5 Å². The van der Waals surface area contributed by atoms with Crippen molar-refractivity contribution in [2.24, 2.45) is 5.73 Å². The summed E-state index contributed by atoms with van der Waals surface area (Å²) in [6.07, 6.45) is 5.28. The average molecular weight is 868 g/mol. The third kappa shape index (κ3) is 11.4. The normalized spacial score (nSPS) is 17.9. The van der Waals surface area contributed by atoms with Crippen LogP contribution in [0.5, 0.6) is 0 Å². The zero-order chi connectivity index (χ0) is 45.9. The molecule has 63 heavy (non-hydrogen) atoms. The number of amides is 3. The van der Waals surface area contributed by atoms with Gasteiger partial charge in [-0.15, -0.1) is 0 Å². The van der Waals surface area contributed by atoms with Gasteiger partial charge in [-0.3, -0.25) is 24.4 Å². The van der Waals surface area contributed by atoms with Crippen molar-refractivity contribution < 1.29 is 52.4 Å². The maximum absolute atomic E-state index is 14.6. The van der Waals surface area contributed by atoms with Crippen LogP contribution in [-0.4, -0.2) is 137 Å². The van der Waals surface area contributed by atoms with Gasteiger partial charge in [0.1, 0.15) is 17.3 Å². The van der Waals surface area contributed by atoms with Crippen molar-refractivity contribution in [2.75, 3.05) is 61.7 Å². The monoisotopic (exact) mass is 867 g/mol. The van der Waals surface area contributed by atoms with Crippen molar-refractivity contribution in [1.82, 2.24) is 29.7 Å². The second-order valence-electron chi connectivity index (χ2n) is 14.7. The van der Waals surface area contributed by atoms with Crippen LogP contribution in [0.15, 0.2) is 48.8 Å². The Kier molecular flexibility index (Phi) is 15.7. The minimum atomic E-state index is -1.76. The lowest BCUT2D eigenvalue weighted by molar-refractivity contribution is -0.138. The molecule has 16 nitrogen and oxygen atoms in total. The molecule has 0 radical (unpaired) electrons. The topological polar surface area (TPSA) is 220 Å². The van der Waals surface area contributed by atoms with Crippen LogP contribution in [0, 0.1) is 35.3 Å². The molecule has 2 aliphatic rings. The molecular formula is C45H47F2N7O9. The van der Waals surface area contributed by atoms with Gasteiger partial charge in [-0.1, -0.05) is 23.7 Å². The number of halogens is 2. The van der Waals surface area contributed by atoms with E-state index in [9.17, 15) is 38.2 Å².